The lowest BCUT2D eigenvalue weighted by Gasteiger charge is -2.28. The van der Waals surface area contributed by atoms with E-state index in [4.69, 9.17) is 0 Å². The largest absolute Gasteiger partial charge is 0.299 e. The number of carbonyl (C=O) groups is 1. The number of hydrogen-bond acceptors (Lipinski definition) is 1. The average molecular weight is 228 g/mol. The molecule has 0 aliphatic heterocycles. The van der Waals surface area contributed by atoms with Gasteiger partial charge in [0.25, 0.3) is 0 Å². The van der Waals surface area contributed by atoms with Crippen LogP contribution in [0.1, 0.15) is 43.6 Å². The van der Waals surface area contributed by atoms with Crippen molar-refractivity contribution in [3.63, 3.8) is 0 Å². The first-order valence-corrected chi connectivity index (χ1v) is 6.51. The maximum atomic E-state index is 12.0. The Balaban J connectivity index is 2.22. The standard InChI is InChI=1S/C16H20O/c1-2-8-14(13-9-4-3-5-10-13)15-11-6-7-12-16(15)17/h2-5,9-10,14-15H,1,6-8,11-12H2. The lowest BCUT2D eigenvalue weighted by molar-refractivity contribution is -0.125. The second kappa shape index (κ2) is 5.81. The topological polar surface area (TPSA) is 17.1 Å². The van der Waals surface area contributed by atoms with E-state index < -0.39 is 0 Å². The van der Waals surface area contributed by atoms with Crippen molar-refractivity contribution in [1.82, 2.24) is 0 Å². The number of allylic oxidation sites excluding steroid dienone is 1. The molecule has 1 heteroatoms. The normalized spacial score (nSPS) is 22.1. The van der Waals surface area contributed by atoms with Crippen LogP contribution in [-0.2, 0) is 4.79 Å². The van der Waals surface area contributed by atoms with Gasteiger partial charge in [0.05, 0.1) is 0 Å². The minimum absolute atomic E-state index is 0.212. The molecule has 0 amide bonds. The molecule has 1 aliphatic rings. The SMILES string of the molecule is C=CCC(c1ccccc1)C1CCCCC1=O. The molecular weight excluding hydrogens is 208 g/mol. The first-order valence-electron chi connectivity index (χ1n) is 6.51. The Kier molecular flexibility index (Phi) is 4.13. The van der Waals surface area contributed by atoms with E-state index in [2.05, 4.69) is 30.8 Å². The maximum absolute atomic E-state index is 12.0. The van der Waals surface area contributed by atoms with Gasteiger partial charge in [0.15, 0.2) is 0 Å². The van der Waals surface area contributed by atoms with Crippen LogP contribution in [0.3, 0.4) is 0 Å². The predicted octanol–water partition coefficient (Wildman–Crippen LogP) is 4.11. The Labute approximate surface area is 104 Å². The van der Waals surface area contributed by atoms with Crippen molar-refractivity contribution in [3.8, 4) is 0 Å². The van der Waals surface area contributed by atoms with E-state index in [1.54, 1.807) is 0 Å². The van der Waals surface area contributed by atoms with Gasteiger partial charge in [0, 0.05) is 12.3 Å². The minimum atomic E-state index is 0.212. The molecule has 0 N–H and O–H groups in total. The second-order valence-corrected chi connectivity index (χ2v) is 4.86. The summed E-state index contributed by atoms with van der Waals surface area (Å²) in [4.78, 5) is 12.0. The minimum Gasteiger partial charge on any atom is -0.299 e. The molecule has 1 aliphatic carbocycles. The first kappa shape index (κ1) is 12.1. The molecule has 2 unspecified atom stereocenters. The van der Waals surface area contributed by atoms with Gasteiger partial charge in [-0.25, -0.2) is 0 Å². The number of carbonyl (C=O) groups excluding carboxylic acids is 1. The number of benzene rings is 1. The van der Waals surface area contributed by atoms with Crippen LogP contribution in [-0.4, -0.2) is 5.78 Å². The van der Waals surface area contributed by atoms with Crippen LogP contribution >= 0.6 is 0 Å². The van der Waals surface area contributed by atoms with E-state index >= 15 is 0 Å². The molecule has 1 saturated carbocycles. The molecule has 1 aromatic rings. The molecule has 0 spiro atoms. The lowest BCUT2D eigenvalue weighted by Crippen LogP contribution is -2.25. The van der Waals surface area contributed by atoms with E-state index in [0.29, 0.717) is 11.7 Å². The summed E-state index contributed by atoms with van der Waals surface area (Å²) >= 11 is 0. The predicted molar refractivity (Wildman–Crippen MR) is 71.0 cm³/mol. The van der Waals surface area contributed by atoms with Gasteiger partial charge in [0.2, 0.25) is 0 Å². The highest BCUT2D eigenvalue weighted by molar-refractivity contribution is 5.82. The smallest absolute Gasteiger partial charge is 0.136 e. The molecular formula is C16H20O. The molecule has 1 nitrogen and oxygen atoms in total. The molecule has 90 valence electrons. The Morgan fingerprint density at radius 2 is 2.06 bits per heavy atom. The van der Waals surface area contributed by atoms with Gasteiger partial charge in [-0.1, -0.05) is 42.8 Å². The van der Waals surface area contributed by atoms with Gasteiger partial charge < -0.3 is 0 Å². The fourth-order valence-corrected chi connectivity index (χ4v) is 2.85. The molecule has 1 aromatic carbocycles. The molecule has 0 bridgehead atoms. The fraction of sp³-hybridized carbons (Fsp3) is 0.438. The van der Waals surface area contributed by atoms with Crippen molar-refractivity contribution < 1.29 is 4.79 Å². The Bertz CT molecular complexity index is 380. The number of ketones is 1. The van der Waals surface area contributed by atoms with E-state index in [-0.39, 0.29) is 5.92 Å². The highest BCUT2D eigenvalue weighted by Crippen LogP contribution is 2.36. The van der Waals surface area contributed by atoms with Gasteiger partial charge in [-0.15, -0.1) is 6.58 Å². The van der Waals surface area contributed by atoms with E-state index in [1.807, 2.05) is 12.1 Å². The zero-order chi connectivity index (χ0) is 12.1. The summed E-state index contributed by atoms with van der Waals surface area (Å²) in [6.07, 6.45) is 6.93. The third-order valence-electron chi connectivity index (χ3n) is 3.74. The second-order valence-electron chi connectivity index (χ2n) is 4.86. The maximum Gasteiger partial charge on any atom is 0.136 e. The molecule has 0 radical (unpaired) electrons. The molecule has 2 atom stereocenters. The Morgan fingerprint density at radius 1 is 1.29 bits per heavy atom. The van der Waals surface area contributed by atoms with Crippen LogP contribution in [0, 0.1) is 5.92 Å². The van der Waals surface area contributed by atoms with Gasteiger partial charge in [-0.05, 0) is 30.7 Å². The quantitative estimate of drug-likeness (QED) is 0.709. The molecule has 2 rings (SSSR count). The van der Waals surface area contributed by atoms with E-state index in [0.717, 1.165) is 25.7 Å². The summed E-state index contributed by atoms with van der Waals surface area (Å²) in [7, 11) is 0. The Morgan fingerprint density at radius 3 is 2.71 bits per heavy atom. The third kappa shape index (κ3) is 2.85. The van der Waals surface area contributed by atoms with Gasteiger partial charge in [-0.2, -0.15) is 0 Å². The highest BCUT2D eigenvalue weighted by atomic mass is 16.1. The van der Waals surface area contributed by atoms with Crippen molar-refractivity contribution in [2.45, 2.75) is 38.0 Å². The van der Waals surface area contributed by atoms with Crippen molar-refractivity contribution >= 4 is 5.78 Å². The van der Waals surface area contributed by atoms with Crippen LogP contribution in [0.25, 0.3) is 0 Å². The molecule has 0 aromatic heterocycles. The summed E-state index contributed by atoms with van der Waals surface area (Å²) in [5, 5.41) is 0. The fourth-order valence-electron chi connectivity index (χ4n) is 2.85. The first-order chi connectivity index (χ1) is 8.33. The summed E-state index contributed by atoms with van der Waals surface area (Å²) < 4.78 is 0. The van der Waals surface area contributed by atoms with Crippen LogP contribution in [0.15, 0.2) is 43.0 Å². The van der Waals surface area contributed by atoms with Crippen molar-refractivity contribution in [3.05, 3.63) is 48.6 Å². The molecule has 17 heavy (non-hydrogen) atoms. The summed E-state index contributed by atoms with van der Waals surface area (Å²) in [6, 6.07) is 10.4. The van der Waals surface area contributed by atoms with Crippen LogP contribution in [0.4, 0.5) is 0 Å². The summed E-state index contributed by atoms with van der Waals surface area (Å²) in [6.45, 7) is 3.83. The Hall–Kier alpha value is -1.37. The van der Waals surface area contributed by atoms with E-state index in [1.165, 1.54) is 12.0 Å². The third-order valence-corrected chi connectivity index (χ3v) is 3.74. The zero-order valence-corrected chi connectivity index (χ0v) is 10.3. The van der Waals surface area contributed by atoms with Crippen LogP contribution in [0.5, 0.6) is 0 Å². The van der Waals surface area contributed by atoms with Crippen molar-refractivity contribution in [1.29, 1.82) is 0 Å². The van der Waals surface area contributed by atoms with Crippen LogP contribution < -0.4 is 0 Å². The van der Waals surface area contributed by atoms with Crippen LogP contribution in [0.2, 0.25) is 0 Å². The number of Topliss-reactive ketones (excluding diaryl/α,β-unsaturated/α-hetero) is 1. The molecule has 0 saturated heterocycles. The molecule has 1 fully saturated rings. The highest BCUT2D eigenvalue weighted by Gasteiger charge is 2.30. The zero-order valence-electron chi connectivity index (χ0n) is 10.3. The van der Waals surface area contributed by atoms with Gasteiger partial charge in [-0.3, -0.25) is 4.79 Å². The monoisotopic (exact) mass is 228 g/mol. The number of rotatable bonds is 4. The van der Waals surface area contributed by atoms with Crippen molar-refractivity contribution in [2.24, 2.45) is 5.92 Å². The summed E-state index contributed by atoms with van der Waals surface area (Å²) in [5.41, 5.74) is 1.28. The summed E-state index contributed by atoms with van der Waals surface area (Å²) in [5.74, 6) is 0.998. The number of hydrogen-bond donors (Lipinski definition) is 0. The lowest BCUT2D eigenvalue weighted by atomic mass is 9.74. The average Bonchev–Trinajstić information content (AvgIpc) is 2.38. The van der Waals surface area contributed by atoms with E-state index in [9.17, 15) is 4.79 Å². The van der Waals surface area contributed by atoms with Gasteiger partial charge >= 0.3 is 0 Å². The van der Waals surface area contributed by atoms with Gasteiger partial charge in [0.1, 0.15) is 5.78 Å². The molecule has 0 heterocycles. The van der Waals surface area contributed by atoms with Crippen molar-refractivity contribution in [2.75, 3.05) is 0 Å².